The molecule has 2 aliphatic heterocycles. The van der Waals surface area contributed by atoms with Gasteiger partial charge >= 0.3 is 6.03 Å². The molecule has 1 atom stereocenters. The standard InChI is InChI=1S/C15H23N3O2S/c19-15(16-9-13-1-7-20-11-13)18-5-3-17(4-6-18)10-14-2-8-21-12-14/h2,8,12-13H,1,3-7,9-11H2,(H,16,19)/t13-/m1/s1. The molecule has 2 saturated heterocycles. The van der Waals surface area contributed by atoms with E-state index in [0.29, 0.717) is 5.92 Å². The van der Waals surface area contributed by atoms with Crippen molar-refractivity contribution in [1.29, 1.82) is 0 Å². The van der Waals surface area contributed by atoms with Gasteiger partial charge in [0.1, 0.15) is 0 Å². The lowest BCUT2D eigenvalue weighted by Crippen LogP contribution is -2.52. The molecular formula is C15H23N3O2S. The van der Waals surface area contributed by atoms with Gasteiger partial charge in [0.25, 0.3) is 0 Å². The molecule has 1 aromatic rings. The Balaban J connectivity index is 1.37. The highest BCUT2D eigenvalue weighted by Gasteiger charge is 2.22. The van der Waals surface area contributed by atoms with Crippen LogP contribution < -0.4 is 5.32 Å². The lowest BCUT2D eigenvalue weighted by molar-refractivity contribution is 0.134. The summed E-state index contributed by atoms with van der Waals surface area (Å²) < 4.78 is 5.33. The molecule has 116 valence electrons. The molecule has 6 heteroatoms. The number of ether oxygens (including phenoxy) is 1. The number of hydrogen-bond donors (Lipinski definition) is 1. The van der Waals surface area contributed by atoms with Crippen LogP contribution in [0.5, 0.6) is 0 Å². The number of nitrogens with one attached hydrogen (secondary N) is 1. The molecule has 2 amide bonds. The van der Waals surface area contributed by atoms with E-state index in [0.717, 1.165) is 58.9 Å². The van der Waals surface area contributed by atoms with Gasteiger partial charge in [0.15, 0.2) is 0 Å². The Labute approximate surface area is 129 Å². The number of urea groups is 1. The van der Waals surface area contributed by atoms with Gasteiger partial charge in [0, 0.05) is 51.8 Å². The Morgan fingerprint density at radius 1 is 1.38 bits per heavy atom. The lowest BCUT2D eigenvalue weighted by atomic mass is 10.1. The maximum Gasteiger partial charge on any atom is 0.317 e. The highest BCUT2D eigenvalue weighted by Crippen LogP contribution is 2.13. The van der Waals surface area contributed by atoms with Crippen molar-refractivity contribution in [2.75, 3.05) is 45.9 Å². The van der Waals surface area contributed by atoms with Gasteiger partial charge in [0.05, 0.1) is 6.61 Å². The molecule has 2 fully saturated rings. The largest absolute Gasteiger partial charge is 0.381 e. The second kappa shape index (κ2) is 7.24. The summed E-state index contributed by atoms with van der Waals surface area (Å²) in [6.07, 6.45) is 1.06. The number of piperazine rings is 1. The monoisotopic (exact) mass is 309 g/mol. The summed E-state index contributed by atoms with van der Waals surface area (Å²) in [5.41, 5.74) is 1.37. The van der Waals surface area contributed by atoms with Crippen LogP contribution in [0.4, 0.5) is 4.79 Å². The fourth-order valence-electron chi connectivity index (χ4n) is 2.84. The van der Waals surface area contributed by atoms with Crippen molar-refractivity contribution < 1.29 is 9.53 Å². The van der Waals surface area contributed by atoms with Gasteiger partial charge in [0.2, 0.25) is 0 Å². The van der Waals surface area contributed by atoms with Crippen LogP contribution in [-0.2, 0) is 11.3 Å². The van der Waals surface area contributed by atoms with Crippen LogP contribution in [0.1, 0.15) is 12.0 Å². The van der Waals surface area contributed by atoms with Crippen molar-refractivity contribution in [3.8, 4) is 0 Å². The SMILES string of the molecule is O=C(NC[C@H]1CCOC1)N1CCN(Cc2ccsc2)CC1. The number of carbonyl (C=O) groups excluding carboxylic acids is 1. The van der Waals surface area contributed by atoms with E-state index in [1.165, 1.54) is 5.56 Å². The summed E-state index contributed by atoms with van der Waals surface area (Å²) in [7, 11) is 0. The number of thiophene rings is 1. The van der Waals surface area contributed by atoms with Gasteiger partial charge in [-0.3, -0.25) is 4.90 Å². The van der Waals surface area contributed by atoms with Gasteiger partial charge in [-0.2, -0.15) is 11.3 Å². The molecule has 5 nitrogen and oxygen atoms in total. The Morgan fingerprint density at radius 2 is 2.24 bits per heavy atom. The normalized spacial score (nSPS) is 23.4. The molecule has 0 spiro atoms. The Bertz CT molecular complexity index is 438. The van der Waals surface area contributed by atoms with E-state index in [4.69, 9.17) is 4.74 Å². The highest BCUT2D eigenvalue weighted by molar-refractivity contribution is 7.07. The predicted octanol–water partition coefficient (Wildman–Crippen LogP) is 1.61. The zero-order valence-electron chi connectivity index (χ0n) is 12.3. The fourth-order valence-corrected chi connectivity index (χ4v) is 3.50. The van der Waals surface area contributed by atoms with Crippen LogP contribution in [0.15, 0.2) is 16.8 Å². The predicted molar refractivity (Wildman–Crippen MR) is 83.5 cm³/mol. The van der Waals surface area contributed by atoms with Crippen molar-refractivity contribution in [1.82, 2.24) is 15.1 Å². The van der Waals surface area contributed by atoms with Crippen molar-refractivity contribution in [3.63, 3.8) is 0 Å². The molecule has 3 heterocycles. The van der Waals surface area contributed by atoms with E-state index in [2.05, 4.69) is 27.0 Å². The number of amides is 2. The Morgan fingerprint density at radius 3 is 2.90 bits per heavy atom. The second-order valence-electron chi connectivity index (χ2n) is 5.81. The zero-order valence-corrected chi connectivity index (χ0v) is 13.1. The molecule has 2 aliphatic rings. The first kappa shape index (κ1) is 14.8. The van der Waals surface area contributed by atoms with Crippen LogP contribution in [-0.4, -0.2) is 61.8 Å². The molecule has 21 heavy (non-hydrogen) atoms. The lowest BCUT2D eigenvalue weighted by Gasteiger charge is -2.34. The molecule has 1 aromatic heterocycles. The molecule has 3 rings (SSSR count). The minimum absolute atomic E-state index is 0.0806. The first-order chi connectivity index (χ1) is 10.3. The smallest absolute Gasteiger partial charge is 0.317 e. The number of nitrogens with zero attached hydrogens (tertiary/aromatic N) is 2. The molecule has 0 saturated carbocycles. The molecule has 0 radical (unpaired) electrons. The van der Waals surface area contributed by atoms with Crippen molar-refractivity contribution in [3.05, 3.63) is 22.4 Å². The Hall–Kier alpha value is -1.11. The highest BCUT2D eigenvalue weighted by atomic mass is 32.1. The second-order valence-corrected chi connectivity index (χ2v) is 6.59. The molecule has 0 bridgehead atoms. The first-order valence-corrected chi connectivity index (χ1v) is 8.59. The molecule has 0 aliphatic carbocycles. The molecule has 0 unspecified atom stereocenters. The van der Waals surface area contributed by atoms with Crippen LogP contribution >= 0.6 is 11.3 Å². The average molecular weight is 309 g/mol. The average Bonchev–Trinajstić information content (AvgIpc) is 3.19. The molecule has 1 N–H and O–H groups in total. The maximum atomic E-state index is 12.1. The van der Waals surface area contributed by atoms with Crippen LogP contribution in [0, 0.1) is 5.92 Å². The van der Waals surface area contributed by atoms with E-state index in [-0.39, 0.29) is 6.03 Å². The minimum Gasteiger partial charge on any atom is -0.381 e. The van der Waals surface area contributed by atoms with Crippen molar-refractivity contribution in [2.24, 2.45) is 5.92 Å². The third-order valence-corrected chi connectivity index (χ3v) is 4.94. The summed E-state index contributed by atoms with van der Waals surface area (Å²) in [6, 6.07) is 2.25. The molecule has 0 aromatic carbocycles. The van der Waals surface area contributed by atoms with E-state index in [1.54, 1.807) is 11.3 Å². The van der Waals surface area contributed by atoms with Crippen LogP contribution in [0.2, 0.25) is 0 Å². The van der Waals surface area contributed by atoms with Crippen molar-refractivity contribution in [2.45, 2.75) is 13.0 Å². The van der Waals surface area contributed by atoms with E-state index in [1.807, 2.05) is 4.90 Å². The number of hydrogen-bond acceptors (Lipinski definition) is 4. The topological polar surface area (TPSA) is 44.8 Å². The Kier molecular flexibility index (Phi) is 5.11. The van der Waals surface area contributed by atoms with E-state index < -0.39 is 0 Å². The van der Waals surface area contributed by atoms with Gasteiger partial charge in [-0.1, -0.05) is 0 Å². The molecular weight excluding hydrogens is 286 g/mol. The van der Waals surface area contributed by atoms with Gasteiger partial charge in [-0.15, -0.1) is 0 Å². The van der Waals surface area contributed by atoms with Gasteiger partial charge in [-0.05, 0) is 28.8 Å². The van der Waals surface area contributed by atoms with Crippen LogP contribution in [0.25, 0.3) is 0 Å². The summed E-state index contributed by atoms with van der Waals surface area (Å²) >= 11 is 1.74. The fraction of sp³-hybridized carbons (Fsp3) is 0.667. The van der Waals surface area contributed by atoms with Crippen molar-refractivity contribution >= 4 is 17.4 Å². The van der Waals surface area contributed by atoms with E-state index in [9.17, 15) is 4.79 Å². The summed E-state index contributed by atoms with van der Waals surface area (Å²) in [4.78, 5) is 16.5. The van der Waals surface area contributed by atoms with E-state index >= 15 is 0 Å². The summed E-state index contributed by atoms with van der Waals surface area (Å²) in [5, 5.41) is 7.36. The number of rotatable bonds is 4. The maximum absolute atomic E-state index is 12.1. The first-order valence-electron chi connectivity index (χ1n) is 7.65. The third kappa shape index (κ3) is 4.18. The third-order valence-electron chi connectivity index (χ3n) is 4.21. The minimum atomic E-state index is 0.0806. The van der Waals surface area contributed by atoms with Crippen LogP contribution in [0.3, 0.4) is 0 Å². The number of carbonyl (C=O) groups is 1. The summed E-state index contributed by atoms with van der Waals surface area (Å²) in [6.45, 7) is 6.91. The quantitative estimate of drug-likeness (QED) is 0.919. The zero-order chi connectivity index (χ0) is 14.5. The van der Waals surface area contributed by atoms with Gasteiger partial charge < -0.3 is 15.0 Å². The summed E-state index contributed by atoms with van der Waals surface area (Å²) in [5.74, 6) is 0.494. The van der Waals surface area contributed by atoms with Gasteiger partial charge in [-0.25, -0.2) is 4.79 Å².